The van der Waals surface area contributed by atoms with Crippen LogP contribution in [0.25, 0.3) is 0 Å². The monoisotopic (exact) mass is 253 g/mol. The van der Waals surface area contributed by atoms with Crippen molar-refractivity contribution in [3.63, 3.8) is 0 Å². The Kier molecular flexibility index (Phi) is 3.95. The first-order valence-corrected chi connectivity index (χ1v) is 6.72. The smallest absolute Gasteiger partial charge is 0.137 e. The van der Waals surface area contributed by atoms with E-state index >= 15 is 0 Å². The predicted octanol–water partition coefficient (Wildman–Crippen LogP) is 3.51. The van der Waals surface area contributed by atoms with Gasteiger partial charge in [-0.3, -0.25) is 0 Å². The Labute approximate surface area is 108 Å². The molecule has 1 fully saturated rings. The third kappa shape index (κ3) is 2.43. The van der Waals surface area contributed by atoms with Crippen LogP contribution in [-0.4, -0.2) is 13.2 Å². The molecule has 0 atom stereocenters. The van der Waals surface area contributed by atoms with E-state index in [1.807, 2.05) is 19.1 Å². The molecule has 0 aromatic heterocycles. The first kappa shape index (κ1) is 12.7. The Morgan fingerprint density at radius 3 is 2.59 bits per heavy atom. The van der Waals surface area contributed by atoms with E-state index in [4.69, 9.17) is 22.1 Å². The quantitative estimate of drug-likeness (QED) is 0.891. The minimum atomic E-state index is 0.147. The fourth-order valence-corrected chi connectivity index (χ4v) is 3.00. The first-order chi connectivity index (χ1) is 8.22. The highest BCUT2D eigenvalue weighted by atomic mass is 35.5. The standard InChI is InChI=1S/C14H20ClNO/c1-2-17-13-6-5-11(9-12(13)15)14(10-16)7-3-4-8-14/h5-6,9H,2-4,7-8,10,16H2,1H3. The minimum absolute atomic E-state index is 0.147. The summed E-state index contributed by atoms with van der Waals surface area (Å²) < 4.78 is 5.46. The average molecular weight is 254 g/mol. The highest BCUT2D eigenvalue weighted by molar-refractivity contribution is 6.32. The lowest BCUT2D eigenvalue weighted by atomic mass is 9.79. The second-order valence-corrected chi connectivity index (χ2v) is 5.18. The lowest BCUT2D eigenvalue weighted by Crippen LogP contribution is -2.31. The minimum Gasteiger partial charge on any atom is -0.492 e. The van der Waals surface area contributed by atoms with Crippen molar-refractivity contribution in [3.05, 3.63) is 28.8 Å². The largest absolute Gasteiger partial charge is 0.492 e. The number of benzene rings is 1. The molecule has 0 unspecified atom stereocenters. The Morgan fingerprint density at radius 1 is 1.35 bits per heavy atom. The SMILES string of the molecule is CCOc1ccc(C2(CN)CCCC2)cc1Cl. The summed E-state index contributed by atoms with van der Waals surface area (Å²) in [7, 11) is 0. The molecule has 17 heavy (non-hydrogen) atoms. The summed E-state index contributed by atoms with van der Waals surface area (Å²) in [5, 5.41) is 0.698. The Hall–Kier alpha value is -0.730. The van der Waals surface area contributed by atoms with Crippen LogP contribution >= 0.6 is 11.6 Å². The second-order valence-electron chi connectivity index (χ2n) is 4.77. The van der Waals surface area contributed by atoms with Crippen LogP contribution in [0.1, 0.15) is 38.2 Å². The van der Waals surface area contributed by atoms with Crippen LogP contribution in [0.15, 0.2) is 18.2 Å². The summed E-state index contributed by atoms with van der Waals surface area (Å²) in [6.07, 6.45) is 4.88. The predicted molar refractivity (Wildman–Crippen MR) is 71.8 cm³/mol. The third-order valence-electron chi connectivity index (χ3n) is 3.80. The van der Waals surface area contributed by atoms with Gasteiger partial charge in [0.05, 0.1) is 11.6 Å². The van der Waals surface area contributed by atoms with Gasteiger partial charge in [-0.05, 0) is 37.5 Å². The van der Waals surface area contributed by atoms with Crippen LogP contribution in [0.3, 0.4) is 0 Å². The highest BCUT2D eigenvalue weighted by Crippen LogP contribution is 2.42. The second kappa shape index (κ2) is 5.28. The number of hydrogen-bond acceptors (Lipinski definition) is 2. The van der Waals surface area contributed by atoms with Crippen molar-refractivity contribution in [1.82, 2.24) is 0 Å². The van der Waals surface area contributed by atoms with Gasteiger partial charge in [0.1, 0.15) is 5.75 Å². The molecular formula is C14H20ClNO. The van der Waals surface area contributed by atoms with Crippen LogP contribution in [0.2, 0.25) is 5.02 Å². The fraction of sp³-hybridized carbons (Fsp3) is 0.571. The number of rotatable bonds is 4. The van der Waals surface area contributed by atoms with Gasteiger partial charge in [-0.1, -0.05) is 30.5 Å². The van der Waals surface area contributed by atoms with Gasteiger partial charge in [-0.2, -0.15) is 0 Å². The number of halogens is 1. The van der Waals surface area contributed by atoms with E-state index in [1.165, 1.54) is 31.2 Å². The maximum Gasteiger partial charge on any atom is 0.137 e. The van der Waals surface area contributed by atoms with Gasteiger partial charge >= 0.3 is 0 Å². The molecule has 0 saturated heterocycles. The lowest BCUT2D eigenvalue weighted by Gasteiger charge is -2.28. The number of ether oxygens (including phenoxy) is 1. The summed E-state index contributed by atoms with van der Waals surface area (Å²) in [5.41, 5.74) is 7.39. The molecule has 2 rings (SSSR count). The highest BCUT2D eigenvalue weighted by Gasteiger charge is 2.34. The average Bonchev–Trinajstić information content (AvgIpc) is 2.82. The van der Waals surface area contributed by atoms with Crippen molar-refractivity contribution < 1.29 is 4.74 Å². The molecule has 1 saturated carbocycles. The van der Waals surface area contributed by atoms with Crippen molar-refractivity contribution >= 4 is 11.6 Å². The van der Waals surface area contributed by atoms with Gasteiger partial charge in [0.2, 0.25) is 0 Å². The summed E-state index contributed by atoms with van der Waals surface area (Å²) in [5.74, 6) is 0.767. The summed E-state index contributed by atoms with van der Waals surface area (Å²) >= 11 is 6.24. The van der Waals surface area contributed by atoms with Crippen molar-refractivity contribution in [2.75, 3.05) is 13.2 Å². The van der Waals surface area contributed by atoms with Gasteiger partial charge in [-0.25, -0.2) is 0 Å². The van der Waals surface area contributed by atoms with Gasteiger partial charge in [0, 0.05) is 12.0 Å². The Morgan fingerprint density at radius 2 is 2.06 bits per heavy atom. The third-order valence-corrected chi connectivity index (χ3v) is 4.09. The maximum absolute atomic E-state index is 6.24. The maximum atomic E-state index is 6.24. The van der Waals surface area contributed by atoms with E-state index in [0.29, 0.717) is 18.2 Å². The zero-order valence-electron chi connectivity index (χ0n) is 10.3. The van der Waals surface area contributed by atoms with E-state index in [0.717, 1.165) is 5.75 Å². The molecule has 2 N–H and O–H groups in total. The van der Waals surface area contributed by atoms with E-state index in [2.05, 4.69) is 6.07 Å². The molecule has 1 aliphatic rings. The number of hydrogen-bond donors (Lipinski definition) is 1. The molecule has 2 nitrogen and oxygen atoms in total. The van der Waals surface area contributed by atoms with E-state index in [9.17, 15) is 0 Å². The molecular weight excluding hydrogens is 234 g/mol. The molecule has 94 valence electrons. The van der Waals surface area contributed by atoms with Crippen molar-refractivity contribution in [2.45, 2.75) is 38.0 Å². The Bertz CT molecular complexity index is 386. The molecule has 1 aliphatic carbocycles. The van der Waals surface area contributed by atoms with Gasteiger partial charge in [0.15, 0.2) is 0 Å². The van der Waals surface area contributed by atoms with Crippen LogP contribution in [0.5, 0.6) is 5.75 Å². The molecule has 0 aliphatic heterocycles. The lowest BCUT2D eigenvalue weighted by molar-refractivity contribution is 0.340. The van der Waals surface area contributed by atoms with E-state index < -0.39 is 0 Å². The van der Waals surface area contributed by atoms with Crippen molar-refractivity contribution in [3.8, 4) is 5.75 Å². The summed E-state index contributed by atoms with van der Waals surface area (Å²) in [4.78, 5) is 0. The Balaban J connectivity index is 2.30. The van der Waals surface area contributed by atoms with Crippen molar-refractivity contribution in [2.24, 2.45) is 5.73 Å². The summed E-state index contributed by atoms with van der Waals surface area (Å²) in [6, 6.07) is 6.12. The molecule has 3 heteroatoms. The molecule has 0 heterocycles. The molecule has 1 aromatic carbocycles. The topological polar surface area (TPSA) is 35.2 Å². The molecule has 0 spiro atoms. The van der Waals surface area contributed by atoms with Gasteiger partial charge < -0.3 is 10.5 Å². The zero-order valence-corrected chi connectivity index (χ0v) is 11.1. The van der Waals surface area contributed by atoms with Crippen LogP contribution in [0, 0.1) is 0 Å². The van der Waals surface area contributed by atoms with Gasteiger partial charge in [-0.15, -0.1) is 0 Å². The molecule has 0 bridgehead atoms. The van der Waals surface area contributed by atoms with E-state index in [1.54, 1.807) is 0 Å². The molecule has 1 aromatic rings. The van der Waals surface area contributed by atoms with Crippen LogP contribution < -0.4 is 10.5 Å². The van der Waals surface area contributed by atoms with Gasteiger partial charge in [0.25, 0.3) is 0 Å². The normalized spacial score (nSPS) is 18.3. The first-order valence-electron chi connectivity index (χ1n) is 6.35. The van der Waals surface area contributed by atoms with E-state index in [-0.39, 0.29) is 5.41 Å². The molecule has 0 amide bonds. The fourth-order valence-electron chi connectivity index (χ4n) is 2.77. The van der Waals surface area contributed by atoms with Crippen LogP contribution in [0.4, 0.5) is 0 Å². The zero-order chi connectivity index (χ0) is 12.3. The molecule has 0 radical (unpaired) electrons. The summed E-state index contributed by atoms with van der Waals surface area (Å²) in [6.45, 7) is 3.31. The van der Waals surface area contributed by atoms with Crippen molar-refractivity contribution in [1.29, 1.82) is 0 Å². The van der Waals surface area contributed by atoms with Crippen LogP contribution in [-0.2, 0) is 5.41 Å². The number of nitrogens with two attached hydrogens (primary N) is 1.